The monoisotopic (exact) mass is 416 g/mol. The molecule has 2 aliphatic carbocycles. The third-order valence-electron chi connectivity index (χ3n) is 7.15. The predicted molar refractivity (Wildman–Crippen MR) is 99.0 cm³/mol. The number of nitrogens with zero attached hydrogens (tertiary/aromatic N) is 1. The van der Waals surface area contributed by atoms with E-state index in [-0.39, 0.29) is 17.3 Å². The van der Waals surface area contributed by atoms with Crippen LogP contribution < -0.4 is 5.32 Å². The summed E-state index contributed by atoms with van der Waals surface area (Å²) in [5, 5.41) is 2.61. The molecule has 1 saturated heterocycles. The Bertz CT molecular complexity index is 716. The first-order valence-corrected chi connectivity index (χ1v) is 9.88. The number of halogens is 2. The van der Waals surface area contributed by atoms with E-state index < -0.39 is 60.2 Å². The Hall–Kier alpha value is -1.77. The second-order valence-electron chi connectivity index (χ2n) is 9.62. The lowest BCUT2D eigenvalue weighted by molar-refractivity contribution is -0.161. The molecule has 0 aromatic heterocycles. The van der Waals surface area contributed by atoms with Crippen LogP contribution in [0.25, 0.3) is 0 Å². The highest BCUT2D eigenvalue weighted by atomic mass is 19.3. The fraction of sp³-hybridized carbons (Fsp3) is 0.850. The molecule has 0 aromatic rings. The molecule has 164 valence electrons. The van der Waals surface area contributed by atoms with E-state index in [2.05, 4.69) is 19.2 Å². The van der Waals surface area contributed by atoms with Gasteiger partial charge in [-0.3, -0.25) is 9.59 Å². The minimum atomic E-state index is -2.84. The third kappa shape index (κ3) is 3.62. The number of piperidine rings is 1. The summed E-state index contributed by atoms with van der Waals surface area (Å²) >= 11 is 0. The number of carbonyl (C=O) groups is 3. The molecule has 29 heavy (non-hydrogen) atoms. The molecular formula is C20H30F2N2O5. The van der Waals surface area contributed by atoms with Gasteiger partial charge >= 0.3 is 5.97 Å². The molecule has 7 nitrogen and oxygen atoms in total. The summed E-state index contributed by atoms with van der Waals surface area (Å²) in [4.78, 5) is 39.8. The number of rotatable bonds is 6. The highest BCUT2D eigenvalue weighted by molar-refractivity contribution is 5.93. The van der Waals surface area contributed by atoms with Crippen LogP contribution in [0, 0.1) is 23.2 Å². The van der Waals surface area contributed by atoms with E-state index >= 15 is 0 Å². The number of nitrogens with one attached hydrogen (secondary N) is 1. The van der Waals surface area contributed by atoms with E-state index in [4.69, 9.17) is 9.47 Å². The number of amides is 2. The van der Waals surface area contributed by atoms with Gasteiger partial charge in [-0.2, -0.15) is 0 Å². The highest BCUT2D eigenvalue weighted by Crippen LogP contribution is 2.65. The van der Waals surface area contributed by atoms with Gasteiger partial charge < -0.3 is 19.7 Å². The van der Waals surface area contributed by atoms with Crippen LogP contribution in [0.5, 0.6) is 0 Å². The Morgan fingerprint density at radius 3 is 2.24 bits per heavy atom. The Morgan fingerprint density at radius 2 is 1.76 bits per heavy atom. The van der Waals surface area contributed by atoms with Crippen molar-refractivity contribution in [3.05, 3.63) is 0 Å². The molecule has 0 bridgehead atoms. The molecule has 0 spiro atoms. The molecule has 3 rings (SSSR count). The number of methoxy groups -OCH3 is 2. The fourth-order valence-electron chi connectivity index (χ4n) is 4.83. The van der Waals surface area contributed by atoms with Crippen LogP contribution >= 0.6 is 0 Å². The SMILES string of the molecule is COC(=O)[C@@H]1[C@@H]2[C@H](CN1C(=O)[C@@H](NC(=O)C1CC(F)(F)C1)C(C)(C)OC)C2(C)C. The fourth-order valence-corrected chi connectivity index (χ4v) is 4.83. The maximum Gasteiger partial charge on any atom is 0.328 e. The van der Waals surface area contributed by atoms with Crippen LogP contribution in [0.3, 0.4) is 0 Å². The van der Waals surface area contributed by atoms with Gasteiger partial charge in [-0.1, -0.05) is 13.8 Å². The first-order valence-electron chi connectivity index (χ1n) is 9.88. The van der Waals surface area contributed by atoms with Gasteiger partial charge in [-0.15, -0.1) is 0 Å². The number of fused-ring (bicyclic) bond motifs is 1. The van der Waals surface area contributed by atoms with Gasteiger partial charge in [0.05, 0.1) is 12.7 Å². The zero-order chi connectivity index (χ0) is 21.9. The number of alkyl halides is 2. The van der Waals surface area contributed by atoms with Crippen molar-refractivity contribution in [1.29, 1.82) is 0 Å². The van der Waals surface area contributed by atoms with Gasteiger partial charge in [0, 0.05) is 38.3 Å². The second-order valence-corrected chi connectivity index (χ2v) is 9.62. The van der Waals surface area contributed by atoms with Crippen molar-refractivity contribution in [3.8, 4) is 0 Å². The Morgan fingerprint density at radius 1 is 1.17 bits per heavy atom. The first-order chi connectivity index (χ1) is 13.3. The van der Waals surface area contributed by atoms with Gasteiger partial charge in [0.15, 0.2) is 0 Å². The van der Waals surface area contributed by atoms with Crippen molar-refractivity contribution in [2.24, 2.45) is 23.2 Å². The quantitative estimate of drug-likeness (QED) is 0.665. The summed E-state index contributed by atoms with van der Waals surface area (Å²) in [5.41, 5.74) is -1.16. The Kier molecular flexibility index (Phi) is 5.21. The standard InChI is InChI=1S/C20H30F2N2O5/c1-18(2)11-9-24(13(12(11)18)17(27)28-5)16(26)14(19(3,4)29-6)23-15(25)10-7-20(21,22)8-10/h10-14H,7-9H2,1-6H3,(H,23,25)/t11-,12-,13-,14+/m0/s1. The highest BCUT2D eigenvalue weighted by Gasteiger charge is 2.70. The zero-order valence-electron chi connectivity index (χ0n) is 17.8. The number of likely N-dealkylation sites (tertiary alicyclic amines) is 1. The van der Waals surface area contributed by atoms with Crippen LogP contribution in [-0.2, 0) is 23.9 Å². The van der Waals surface area contributed by atoms with Crippen molar-refractivity contribution >= 4 is 17.8 Å². The van der Waals surface area contributed by atoms with Crippen LogP contribution in [0.2, 0.25) is 0 Å². The molecule has 3 fully saturated rings. The summed E-state index contributed by atoms with van der Waals surface area (Å²) in [6, 6.07) is -1.84. The normalized spacial score (nSPS) is 30.8. The summed E-state index contributed by atoms with van der Waals surface area (Å²) < 4.78 is 36.7. The molecule has 0 radical (unpaired) electrons. The van der Waals surface area contributed by atoms with Crippen molar-refractivity contribution in [3.63, 3.8) is 0 Å². The van der Waals surface area contributed by atoms with E-state index in [1.54, 1.807) is 13.8 Å². The molecule has 1 heterocycles. The van der Waals surface area contributed by atoms with E-state index in [1.165, 1.54) is 19.1 Å². The summed E-state index contributed by atoms with van der Waals surface area (Å²) in [7, 11) is 2.69. The molecule has 3 aliphatic rings. The van der Waals surface area contributed by atoms with Crippen LogP contribution in [0.1, 0.15) is 40.5 Å². The lowest BCUT2D eigenvalue weighted by Crippen LogP contribution is -2.63. The summed E-state index contributed by atoms with van der Waals surface area (Å²) in [6.07, 6.45) is -1.06. The van der Waals surface area contributed by atoms with Gasteiger partial charge in [0.25, 0.3) is 0 Å². The summed E-state index contributed by atoms with van der Waals surface area (Å²) in [6.45, 7) is 7.76. The topological polar surface area (TPSA) is 84.9 Å². The average molecular weight is 416 g/mol. The van der Waals surface area contributed by atoms with Crippen LogP contribution in [0.4, 0.5) is 8.78 Å². The van der Waals surface area contributed by atoms with Crippen LogP contribution in [-0.4, -0.2) is 67.1 Å². The molecule has 1 N–H and O–H groups in total. The van der Waals surface area contributed by atoms with Gasteiger partial charge in [0.2, 0.25) is 17.7 Å². The van der Waals surface area contributed by atoms with Crippen LogP contribution in [0.15, 0.2) is 0 Å². The number of ether oxygens (including phenoxy) is 2. The third-order valence-corrected chi connectivity index (χ3v) is 7.15. The molecule has 0 aromatic carbocycles. The lowest BCUT2D eigenvalue weighted by Gasteiger charge is -2.40. The van der Waals surface area contributed by atoms with Crippen molar-refractivity contribution in [1.82, 2.24) is 10.2 Å². The molecule has 2 saturated carbocycles. The minimum absolute atomic E-state index is 0.00812. The molecule has 1 aliphatic heterocycles. The van der Waals surface area contributed by atoms with Crippen molar-refractivity contribution in [2.45, 2.75) is 64.1 Å². The average Bonchev–Trinajstić information content (AvgIpc) is 2.96. The molecule has 0 unspecified atom stereocenters. The maximum atomic E-state index is 13.4. The molecule has 4 atom stereocenters. The zero-order valence-corrected chi connectivity index (χ0v) is 17.8. The molecular weight excluding hydrogens is 386 g/mol. The van der Waals surface area contributed by atoms with Gasteiger partial charge in [0.1, 0.15) is 12.1 Å². The van der Waals surface area contributed by atoms with E-state index in [0.717, 1.165) is 0 Å². The largest absolute Gasteiger partial charge is 0.467 e. The molecule has 2 amide bonds. The predicted octanol–water partition coefficient (Wildman–Crippen LogP) is 1.60. The molecule has 9 heteroatoms. The Balaban J connectivity index is 1.80. The maximum absolute atomic E-state index is 13.4. The lowest BCUT2D eigenvalue weighted by atomic mass is 9.80. The second kappa shape index (κ2) is 6.89. The first kappa shape index (κ1) is 21.9. The van der Waals surface area contributed by atoms with E-state index in [0.29, 0.717) is 6.54 Å². The number of esters is 1. The van der Waals surface area contributed by atoms with E-state index in [1.807, 2.05) is 0 Å². The van der Waals surface area contributed by atoms with Gasteiger partial charge in [-0.05, 0) is 25.2 Å². The van der Waals surface area contributed by atoms with E-state index in [9.17, 15) is 23.2 Å². The smallest absolute Gasteiger partial charge is 0.328 e. The minimum Gasteiger partial charge on any atom is -0.467 e. The number of hydrogen-bond donors (Lipinski definition) is 1. The number of hydrogen-bond acceptors (Lipinski definition) is 5. The van der Waals surface area contributed by atoms with Crippen molar-refractivity contribution in [2.75, 3.05) is 20.8 Å². The Labute approximate surface area is 169 Å². The summed E-state index contributed by atoms with van der Waals surface area (Å²) in [5.74, 6) is -5.07. The number of carbonyl (C=O) groups excluding carboxylic acids is 3. The van der Waals surface area contributed by atoms with Gasteiger partial charge in [-0.25, -0.2) is 13.6 Å². The van der Waals surface area contributed by atoms with Crippen molar-refractivity contribution < 1.29 is 32.6 Å².